The van der Waals surface area contributed by atoms with Crippen LogP contribution in [0.15, 0.2) is 55.1 Å². The van der Waals surface area contributed by atoms with Gasteiger partial charge < -0.3 is 5.11 Å². The monoisotopic (exact) mass is 224 g/mol. The van der Waals surface area contributed by atoms with Crippen LogP contribution in [0, 0.1) is 6.92 Å². The Bertz CT molecular complexity index is 524. The lowest BCUT2D eigenvalue weighted by atomic mass is 9.99. The molecule has 2 aromatic carbocycles. The molecule has 2 aromatic rings. The van der Waals surface area contributed by atoms with Crippen molar-refractivity contribution in [3.05, 3.63) is 66.2 Å². The molecule has 0 atom stereocenters. The summed E-state index contributed by atoms with van der Waals surface area (Å²) in [6.45, 7) is 5.74. The molecule has 0 aliphatic heterocycles. The lowest BCUT2D eigenvalue weighted by Crippen LogP contribution is -1.85. The summed E-state index contributed by atoms with van der Waals surface area (Å²) in [4.78, 5) is 0. The van der Waals surface area contributed by atoms with Crippen molar-refractivity contribution in [3.63, 3.8) is 0 Å². The van der Waals surface area contributed by atoms with Gasteiger partial charge in [0.25, 0.3) is 0 Å². The van der Waals surface area contributed by atoms with Crippen molar-refractivity contribution in [3.8, 4) is 16.9 Å². The van der Waals surface area contributed by atoms with Crippen molar-refractivity contribution in [2.24, 2.45) is 0 Å². The molecule has 0 radical (unpaired) electrons. The van der Waals surface area contributed by atoms with Crippen LogP contribution in [0.1, 0.15) is 11.1 Å². The Kier molecular flexibility index (Phi) is 3.29. The third kappa shape index (κ3) is 2.56. The lowest BCUT2D eigenvalue weighted by Gasteiger charge is -2.07. The zero-order chi connectivity index (χ0) is 12.3. The van der Waals surface area contributed by atoms with Crippen LogP contribution in [0.5, 0.6) is 5.75 Å². The predicted molar refractivity (Wildman–Crippen MR) is 72.2 cm³/mol. The molecule has 0 saturated carbocycles. The second kappa shape index (κ2) is 4.88. The number of benzene rings is 2. The summed E-state index contributed by atoms with van der Waals surface area (Å²) in [6, 6.07) is 13.9. The Labute approximate surface area is 102 Å². The minimum atomic E-state index is 0.314. The summed E-state index contributed by atoms with van der Waals surface area (Å²) >= 11 is 0. The van der Waals surface area contributed by atoms with E-state index in [0.29, 0.717) is 5.75 Å². The zero-order valence-corrected chi connectivity index (χ0v) is 9.98. The van der Waals surface area contributed by atoms with E-state index in [-0.39, 0.29) is 0 Å². The van der Waals surface area contributed by atoms with E-state index in [0.717, 1.165) is 17.5 Å². The lowest BCUT2D eigenvalue weighted by molar-refractivity contribution is 0.475. The topological polar surface area (TPSA) is 20.2 Å². The van der Waals surface area contributed by atoms with Gasteiger partial charge in [-0.25, -0.2) is 0 Å². The summed E-state index contributed by atoms with van der Waals surface area (Å²) in [6.07, 6.45) is 2.80. The minimum absolute atomic E-state index is 0.314. The van der Waals surface area contributed by atoms with E-state index in [1.54, 1.807) is 12.1 Å². The Balaban J connectivity index is 2.36. The van der Waals surface area contributed by atoms with Crippen molar-refractivity contribution in [2.75, 3.05) is 0 Å². The fourth-order valence-electron chi connectivity index (χ4n) is 1.96. The molecule has 0 aromatic heterocycles. The van der Waals surface area contributed by atoms with E-state index < -0.39 is 0 Å². The van der Waals surface area contributed by atoms with Crippen LogP contribution in [-0.2, 0) is 6.42 Å². The van der Waals surface area contributed by atoms with Crippen LogP contribution in [-0.4, -0.2) is 5.11 Å². The smallest absolute Gasteiger partial charge is 0.115 e. The number of aryl methyl sites for hydroxylation is 1. The van der Waals surface area contributed by atoms with Crippen LogP contribution in [0.2, 0.25) is 0 Å². The largest absolute Gasteiger partial charge is 0.508 e. The maximum absolute atomic E-state index is 9.39. The molecule has 0 fully saturated rings. The number of phenolic OH excluding ortho intramolecular Hbond substituents is 1. The molecule has 86 valence electrons. The summed E-state index contributed by atoms with van der Waals surface area (Å²) in [5.74, 6) is 0.314. The van der Waals surface area contributed by atoms with E-state index in [1.165, 1.54) is 11.1 Å². The number of hydrogen-bond acceptors (Lipinski definition) is 1. The number of hydrogen-bond donors (Lipinski definition) is 1. The van der Waals surface area contributed by atoms with Crippen LogP contribution < -0.4 is 0 Å². The highest BCUT2D eigenvalue weighted by Crippen LogP contribution is 2.26. The molecule has 0 bridgehead atoms. The van der Waals surface area contributed by atoms with Crippen molar-refractivity contribution in [1.29, 1.82) is 0 Å². The second-order valence-corrected chi connectivity index (χ2v) is 4.19. The molecule has 0 amide bonds. The van der Waals surface area contributed by atoms with Crippen molar-refractivity contribution >= 4 is 0 Å². The van der Waals surface area contributed by atoms with E-state index in [9.17, 15) is 5.11 Å². The predicted octanol–water partition coefficient (Wildman–Crippen LogP) is 4.10. The first-order valence-electron chi connectivity index (χ1n) is 5.70. The number of phenols is 1. The van der Waals surface area contributed by atoms with Gasteiger partial charge in [0.2, 0.25) is 0 Å². The molecular formula is C16H16O. The third-order valence-electron chi connectivity index (χ3n) is 2.85. The van der Waals surface area contributed by atoms with Crippen LogP contribution in [0.3, 0.4) is 0 Å². The first kappa shape index (κ1) is 11.5. The van der Waals surface area contributed by atoms with Gasteiger partial charge in [-0.1, -0.05) is 36.4 Å². The summed E-state index contributed by atoms with van der Waals surface area (Å²) in [7, 11) is 0. The molecule has 0 spiro atoms. The Hall–Kier alpha value is -2.02. The number of rotatable bonds is 3. The van der Waals surface area contributed by atoms with Gasteiger partial charge in [0.05, 0.1) is 0 Å². The highest BCUT2D eigenvalue weighted by atomic mass is 16.3. The van der Waals surface area contributed by atoms with Gasteiger partial charge >= 0.3 is 0 Å². The highest BCUT2D eigenvalue weighted by molar-refractivity contribution is 5.68. The fourth-order valence-corrected chi connectivity index (χ4v) is 1.96. The van der Waals surface area contributed by atoms with E-state index in [2.05, 4.69) is 30.8 Å². The van der Waals surface area contributed by atoms with Gasteiger partial charge in [-0.15, -0.1) is 6.58 Å². The molecule has 0 unspecified atom stereocenters. The number of allylic oxidation sites excluding steroid dienone is 1. The average molecular weight is 224 g/mol. The Morgan fingerprint density at radius 2 is 1.82 bits per heavy atom. The number of aromatic hydroxyl groups is 1. The van der Waals surface area contributed by atoms with Gasteiger partial charge in [-0.3, -0.25) is 0 Å². The maximum Gasteiger partial charge on any atom is 0.115 e. The molecule has 1 heteroatoms. The normalized spacial score (nSPS) is 10.2. The molecule has 0 aliphatic rings. The molecule has 2 rings (SSSR count). The molecule has 17 heavy (non-hydrogen) atoms. The Morgan fingerprint density at radius 3 is 2.41 bits per heavy atom. The summed E-state index contributed by atoms with van der Waals surface area (Å²) in [5.41, 5.74) is 4.69. The van der Waals surface area contributed by atoms with Gasteiger partial charge in [0, 0.05) is 0 Å². The van der Waals surface area contributed by atoms with Crippen LogP contribution >= 0.6 is 0 Å². The van der Waals surface area contributed by atoms with Crippen molar-refractivity contribution in [2.45, 2.75) is 13.3 Å². The molecule has 1 N–H and O–H groups in total. The first-order chi connectivity index (χ1) is 8.20. The third-order valence-corrected chi connectivity index (χ3v) is 2.85. The van der Waals surface area contributed by atoms with Crippen molar-refractivity contribution in [1.82, 2.24) is 0 Å². The van der Waals surface area contributed by atoms with Gasteiger partial charge in [0.15, 0.2) is 0 Å². The summed E-state index contributed by atoms with van der Waals surface area (Å²) < 4.78 is 0. The van der Waals surface area contributed by atoms with E-state index in [4.69, 9.17) is 0 Å². The average Bonchev–Trinajstić information content (AvgIpc) is 2.31. The SMILES string of the molecule is C=CCc1ccc(-c2ccc(O)cc2C)cc1. The molecule has 0 heterocycles. The van der Waals surface area contributed by atoms with Crippen LogP contribution in [0.25, 0.3) is 11.1 Å². The maximum atomic E-state index is 9.39. The van der Waals surface area contributed by atoms with E-state index >= 15 is 0 Å². The van der Waals surface area contributed by atoms with Gasteiger partial charge in [0.1, 0.15) is 5.75 Å². The molecular weight excluding hydrogens is 208 g/mol. The van der Waals surface area contributed by atoms with E-state index in [1.807, 2.05) is 19.1 Å². The fraction of sp³-hybridized carbons (Fsp3) is 0.125. The van der Waals surface area contributed by atoms with Crippen LogP contribution in [0.4, 0.5) is 0 Å². The van der Waals surface area contributed by atoms with Gasteiger partial charge in [-0.2, -0.15) is 0 Å². The second-order valence-electron chi connectivity index (χ2n) is 4.19. The first-order valence-corrected chi connectivity index (χ1v) is 5.70. The quantitative estimate of drug-likeness (QED) is 0.778. The van der Waals surface area contributed by atoms with Gasteiger partial charge in [-0.05, 0) is 47.7 Å². The standard InChI is InChI=1S/C16H16O/c1-3-4-13-5-7-14(8-6-13)16-10-9-15(17)11-12(16)2/h3,5-11,17H,1,4H2,2H3. The highest BCUT2D eigenvalue weighted by Gasteiger charge is 2.02. The minimum Gasteiger partial charge on any atom is -0.508 e. The molecule has 0 aliphatic carbocycles. The van der Waals surface area contributed by atoms with Crippen molar-refractivity contribution < 1.29 is 5.11 Å². The Morgan fingerprint density at radius 1 is 1.12 bits per heavy atom. The molecule has 1 nitrogen and oxygen atoms in total. The molecule has 0 saturated heterocycles. The summed E-state index contributed by atoms with van der Waals surface area (Å²) in [5, 5.41) is 9.39. The zero-order valence-electron chi connectivity index (χ0n) is 9.98.